The second-order valence-corrected chi connectivity index (χ2v) is 7.93. The Morgan fingerprint density at radius 3 is 2.42 bits per heavy atom. The Labute approximate surface area is 160 Å². The maximum Gasteiger partial charge on any atom is 0.227 e. The molecule has 0 aromatic heterocycles. The summed E-state index contributed by atoms with van der Waals surface area (Å²) in [5.41, 5.74) is 7.06. The number of carbonyl (C=O) groups excluding carboxylic acids is 1. The third-order valence-corrected chi connectivity index (χ3v) is 6.26. The second-order valence-electron chi connectivity index (χ2n) is 7.11. The van der Waals surface area contributed by atoms with E-state index in [-0.39, 0.29) is 30.3 Å². The summed E-state index contributed by atoms with van der Waals surface area (Å²) >= 11 is 12.0. The van der Waals surface area contributed by atoms with Crippen molar-refractivity contribution in [3.63, 3.8) is 0 Å². The molecule has 2 aliphatic carbocycles. The Morgan fingerprint density at radius 1 is 1.21 bits per heavy atom. The van der Waals surface area contributed by atoms with Gasteiger partial charge in [0.2, 0.25) is 5.91 Å². The molecule has 3 rings (SSSR count). The predicted octanol–water partition coefficient (Wildman–Crippen LogP) is 4.54. The molecule has 2 fully saturated rings. The van der Waals surface area contributed by atoms with Crippen LogP contribution in [0.3, 0.4) is 0 Å². The van der Waals surface area contributed by atoms with Gasteiger partial charge in [0.25, 0.3) is 0 Å². The van der Waals surface area contributed by atoms with Crippen LogP contribution >= 0.6 is 35.6 Å². The second kappa shape index (κ2) is 8.27. The fraction of sp³-hybridized carbons (Fsp3) is 0.611. The summed E-state index contributed by atoms with van der Waals surface area (Å²) in [6.07, 6.45) is 5.68. The normalized spacial score (nSPS) is 30.2. The Kier molecular flexibility index (Phi) is 6.83. The predicted molar refractivity (Wildman–Crippen MR) is 102 cm³/mol. The van der Waals surface area contributed by atoms with Crippen LogP contribution in [0.2, 0.25) is 10.0 Å². The van der Waals surface area contributed by atoms with Crippen molar-refractivity contribution in [3.8, 4) is 0 Å². The van der Waals surface area contributed by atoms with Gasteiger partial charge in [0.15, 0.2) is 0 Å². The molecule has 2 saturated carbocycles. The first-order chi connectivity index (χ1) is 11.0. The van der Waals surface area contributed by atoms with Crippen molar-refractivity contribution >= 4 is 41.5 Å². The Hall–Kier alpha value is -0.480. The lowest BCUT2D eigenvalue weighted by molar-refractivity contribution is -0.124. The lowest BCUT2D eigenvalue weighted by Crippen LogP contribution is -2.54. The molecular formula is C18H25Cl3N2O. The fourth-order valence-corrected chi connectivity index (χ4v) is 4.55. The van der Waals surface area contributed by atoms with E-state index in [1.165, 1.54) is 19.3 Å². The molecule has 1 aromatic rings. The summed E-state index contributed by atoms with van der Waals surface area (Å²) in [4.78, 5) is 12.7. The average molecular weight is 392 g/mol. The van der Waals surface area contributed by atoms with Crippen molar-refractivity contribution in [2.45, 2.75) is 57.0 Å². The molecule has 3 nitrogen and oxygen atoms in total. The quantitative estimate of drug-likeness (QED) is 0.794. The summed E-state index contributed by atoms with van der Waals surface area (Å²) in [6, 6.07) is 5.98. The smallest absolute Gasteiger partial charge is 0.227 e. The van der Waals surface area contributed by atoms with Gasteiger partial charge in [-0.3, -0.25) is 4.79 Å². The molecule has 0 spiro atoms. The first-order valence-corrected chi connectivity index (χ1v) is 9.22. The van der Waals surface area contributed by atoms with Crippen molar-refractivity contribution in [2.24, 2.45) is 17.6 Å². The molecule has 6 heteroatoms. The topological polar surface area (TPSA) is 55.1 Å². The van der Waals surface area contributed by atoms with Gasteiger partial charge in [-0.15, -0.1) is 12.4 Å². The lowest BCUT2D eigenvalue weighted by atomic mass is 9.67. The highest BCUT2D eigenvalue weighted by Crippen LogP contribution is 2.40. The molecule has 134 valence electrons. The zero-order valence-corrected chi connectivity index (χ0v) is 16.1. The number of nitrogens with one attached hydrogen (secondary N) is 1. The number of benzene rings is 1. The lowest BCUT2D eigenvalue weighted by Gasteiger charge is -2.45. The van der Waals surface area contributed by atoms with Gasteiger partial charge < -0.3 is 11.1 Å². The monoisotopic (exact) mass is 390 g/mol. The number of amides is 1. The number of rotatable bonds is 3. The molecule has 0 heterocycles. The standard InChI is InChI=1S/C18H24Cl2N2O.ClH/c1-10(11-5-6-15(19)16(20)9-11)18(23)22-17-12-3-2-4-13(17)8-14(21)7-12;/h5-6,9-10,12-14,17H,2-4,7-8,21H2,1H3,(H,22,23);1H. The number of halogens is 3. The minimum Gasteiger partial charge on any atom is -0.352 e. The maximum absolute atomic E-state index is 12.7. The molecule has 2 bridgehead atoms. The van der Waals surface area contributed by atoms with Gasteiger partial charge in [-0.05, 0) is 62.1 Å². The third kappa shape index (κ3) is 4.19. The number of nitrogens with two attached hydrogens (primary N) is 1. The van der Waals surface area contributed by atoms with Crippen molar-refractivity contribution in [1.29, 1.82) is 0 Å². The number of fused-ring (bicyclic) bond motifs is 2. The van der Waals surface area contributed by atoms with Gasteiger partial charge in [-0.2, -0.15) is 0 Å². The first kappa shape index (κ1) is 19.8. The summed E-state index contributed by atoms with van der Waals surface area (Å²) < 4.78 is 0. The van der Waals surface area contributed by atoms with E-state index in [4.69, 9.17) is 28.9 Å². The van der Waals surface area contributed by atoms with Crippen molar-refractivity contribution < 1.29 is 4.79 Å². The highest BCUT2D eigenvalue weighted by atomic mass is 35.5. The molecule has 3 N–H and O–H groups in total. The molecule has 1 amide bonds. The van der Waals surface area contributed by atoms with Crippen LogP contribution in [0, 0.1) is 11.8 Å². The highest BCUT2D eigenvalue weighted by Gasteiger charge is 2.40. The molecular weight excluding hydrogens is 367 g/mol. The zero-order chi connectivity index (χ0) is 16.6. The van der Waals surface area contributed by atoms with Crippen LogP contribution in [0.1, 0.15) is 50.5 Å². The van der Waals surface area contributed by atoms with E-state index in [9.17, 15) is 4.79 Å². The largest absolute Gasteiger partial charge is 0.352 e. The molecule has 24 heavy (non-hydrogen) atoms. The number of hydrogen-bond acceptors (Lipinski definition) is 2. The number of hydrogen-bond donors (Lipinski definition) is 2. The van der Waals surface area contributed by atoms with Crippen LogP contribution in [0.15, 0.2) is 18.2 Å². The van der Waals surface area contributed by atoms with E-state index in [0.29, 0.717) is 27.9 Å². The molecule has 0 radical (unpaired) electrons. The van der Waals surface area contributed by atoms with Gasteiger partial charge in [0.05, 0.1) is 16.0 Å². The Balaban J connectivity index is 0.00000208. The molecule has 3 unspecified atom stereocenters. The minimum absolute atomic E-state index is 0. The fourth-order valence-electron chi connectivity index (χ4n) is 4.25. The van der Waals surface area contributed by atoms with Gasteiger partial charge in [-0.1, -0.05) is 35.7 Å². The maximum atomic E-state index is 12.7. The van der Waals surface area contributed by atoms with Gasteiger partial charge in [0.1, 0.15) is 0 Å². The van der Waals surface area contributed by atoms with Crippen molar-refractivity contribution in [1.82, 2.24) is 5.32 Å². The Morgan fingerprint density at radius 2 is 1.83 bits per heavy atom. The van der Waals surface area contributed by atoms with Gasteiger partial charge >= 0.3 is 0 Å². The Bertz CT molecular complexity index is 582. The highest BCUT2D eigenvalue weighted by molar-refractivity contribution is 6.42. The minimum atomic E-state index is -0.235. The van der Waals surface area contributed by atoms with Crippen LogP contribution in [0.25, 0.3) is 0 Å². The van der Waals surface area contributed by atoms with E-state index in [1.807, 2.05) is 13.0 Å². The molecule has 1 aromatic carbocycles. The van der Waals surface area contributed by atoms with Crippen molar-refractivity contribution in [3.05, 3.63) is 33.8 Å². The van der Waals surface area contributed by atoms with E-state index < -0.39 is 0 Å². The molecule has 0 aliphatic heterocycles. The molecule has 0 saturated heterocycles. The van der Waals surface area contributed by atoms with E-state index >= 15 is 0 Å². The SMILES string of the molecule is CC(C(=O)NC1C2CCCC1CC(N)C2)c1ccc(Cl)c(Cl)c1.Cl. The van der Waals surface area contributed by atoms with Gasteiger partial charge in [0, 0.05) is 12.1 Å². The molecule has 2 aliphatic rings. The van der Waals surface area contributed by atoms with E-state index in [2.05, 4.69) is 5.32 Å². The summed E-state index contributed by atoms with van der Waals surface area (Å²) in [7, 11) is 0. The zero-order valence-electron chi connectivity index (χ0n) is 13.8. The number of carbonyl (C=O) groups is 1. The van der Waals surface area contributed by atoms with Crippen LogP contribution in [0.4, 0.5) is 0 Å². The van der Waals surface area contributed by atoms with Crippen LogP contribution in [-0.2, 0) is 4.79 Å². The van der Waals surface area contributed by atoms with E-state index in [1.54, 1.807) is 12.1 Å². The van der Waals surface area contributed by atoms with E-state index in [0.717, 1.165) is 18.4 Å². The van der Waals surface area contributed by atoms with Crippen molar-refractivity contribution in [2.75, 3.05) is 0 Å². The van der Waals surface area contributed by atoms with Crippen LogP contribution in [-0.4, -0.2) is 18.0 Å². The van der Waals surface area contributed by atoms with Crippen LogP contribution in [0.5, 0.6) is 0 Å². The van der Waals surface area contributed by atoms with Gasteiger partial charge in [-0.25, -0.2) is 0 Å². The summed E-state index contributed by atoms with van der Waals surface area (Å²) in [5, 5.41) is 4.31. The van der Waals surface area contributed by atoms with Crippen LogP contribution < -0.4 is 11.1 Å². The third-order valence-electron chi connectivity index (χ3n) is 5.52. The average Bonchev–Trinajstić information content (AvgIpc) is 2.50. The molecule has 3 atom stereocenters. The summed E-state index contributed by atoms with van der Waals surface area (Å²) in [5.74, 6) is 0.895. The first-order valence-electron chi connectivity index (χ1n) is 8.46. The summed E-state index contributed by atoms with van der Waals surface area (Å²) in [6.45, 7) is 1.92.